The van der Waals surface area contributed by atoms with Crippen LogP contribution in [0.3, 0.4) is 0 Å². The Bertz CT molecular complexity index is 736. The molecule has 0 spiro atoms. The summed E-state index contributed by atoms with van der Waals surface area (Å²) in [4.78, 5) is 4.37. The molecule has 1 aromatic carbocycles. The van der Waals surface area contributed by atoms with Crippen molar-refractivity contribution in [2.45, 2.75) is 44.2 Å². The van der Waals surface area contributed by atoms with E-state index >= 15 is 0 Å². The van der Waals surface area contributed by atoms with Crippen molar-refractivity contribution in [1.82, 2.24) is 10.3 Å². The number of hydrogen-bond acceptors (Lipinski definition) is 5. The van der Waals surface area contributed by atoms with Gasteiger partial charge in [-0.2, -0.15) is 0 Å². The minimum absolute atomic E-state index is 0.508. The Morgan fingerprint density at radius 2 is 1.90 bits per heavy atom. The van der Waals surface area contributed by atoms with Gasteiger partial charge in [-0.25, -0.2) is 0 Å². The smallest absolute Gasteiger partial charge is 0.137 e. The summed E-state index contributed by atoms with van der Waals surface area (Å²) in [6.45, 7) is 4.87. The van der Waals surface area contributed by atoms with Crippen LogP contribution in [-0.2, 0) is 16.1 Å². The highest BCUT2D eigenvalue weighted by molar-refractivity contribution is 5.30. The zero-order chi connectivity index (χ0) is 19.7. The van der Waals surface area contributed by atoms with Crippen molar-refractivity contribution >= 4 is 0 Å². The average molecular weight is 397 g/mol. The number of rotatable bonds is 13. The van der Waals surface area contributed by atoms with Crippen LogP contribution in [0.1, 0.15) is 42.7 Å². The Labute approximate surface area is 173 Å². The third-order valence-corrected chi connectivity index (χ3v) is 5.78. The standard InChI is InChI=1S/C24H32N2O3/c1-2-5-19(6-3-1)17-28-11-4-10-27-12-8-20-14-24(20)21-13-23(16-25-15-21)29-18-22-7-9-26-22/h1-3,5-6,13,15-16,20,22,24,26H,4,7-12,14,17-18H2. The fourth-order valence-electron chi connectivity index (χ4n) is 3.74. The summed E-state index contributed by atoms with van der Waals surface area (Å²) in [6, 6.07) is 13.0. The van der Waals surface area contributed by atoms with Gasteiger partial charge in [-0.3, -0.25) is 4.98 Å². The molecule has 0 amide bonds. The normalized spacial score (nSPS) is 22.8. The quantitative estimate of drug-likeness (QED) is 0.520. The summed E-state index contributed by atoms with van der Waals surface area (Å²) in [6.07, 6.45) is 8.31. The van der Waals surface area contributed by atoms with Gasteiger partial charge < -0.3 is 19.5 Å². The molecule has 0 bridgehead atoms. The molecule has 4 rings (SSSR count). The first-order chi connectivity index (χ1) is 14.4. The van der Waals surface area contributed by atoms with Gasteiger partial charge in [0.15, 0.2) is 0 Å². The van der Waals surface area contributed by atoms with E-state index in [4.69, 9.17) is 14.2 Å². The third kappa shape index (κ3) is 6.53. The molecule has 29 heavy (non-hydrogen) atoms. The van der Waals surface area contributed by atoms with Gasteiger partial charge in [0.1, 0.15) is 12.4 Å². The number of nitrogens with zero attached hydrogens (tertiary/aromatic N) is 1. The summed E-state index contributed by atoms with van der Waals surface area (Å²) < 4.78 is 17.4. The van der Waals surface area contributed by atoms with E-state index < -0.39 is 0 Å². The largest absolute Gasteiger partial charge is 0.490 e. The molecule has 156 valence electrons. The molecule has 1 aliphatic carbocycles. The number of pyridine rings is 1. The third-order valence-electron chi connectivity index (χ3n) is 5.78. The van der Waals surface area contributed by atoms with Crippen LogP contribution >= 0.6 is 0 Å². The minimum atomic E-state index is 0.508. The van der Waals surface area contributed by atoms with Gasteiger partial charge in [0.25, 0.3) is 0 Å². The molecule has 2 aromatic rings. The van der Waals surface area contributed by atoms with E-state index in [1.165, 1.54) is 24.0 Å². The summed E-state index contributed by atoms with van der Waals surface area (Å²) in [5.74, 6) is 2.23. The van der Waals surface area contributed by atoms with E-state index in [0.29, 0.717) is 18.6 Å². The molecule has 1 saturated heterocycles. The first-order valence-corrected chi connectivity index (χ1v) is 10.9. The Balaban J connectivity index is 1.04. The lowest BCUT2D eigenvalue weighted by Gasteiger charge is -2.27. The first-order valence-electron chi connectivity index (χ1n) is 10.9. The highest BCUT2D eigenvalue weighted by atomic mass is 16.5. The lowest BCUT2D eigenvalue weighted by molar-refractivity contribution is 0.0735. The Morgan fingerprint density at radius 1 is 1.03 bits per heavy atom. The summed E-state index contributed by atoms with van der Waals surface area (Å²) in [5, 5.41) is 3.36. The predicted octanol–water partition coefficient (Wildman–Crippen LogP) is 3.94. The summed E-state index contributed by atoms with van der Waals surface area (Å²) >= 11 is 0. The Morgan fingerprint density at radius 3 is 2.72 bits per heavy atom. The molecule has 1 aromatic heterocycles. The Hall–Kier alpha value is -1.95. The molecule has 0 radical (unpaired) electrons. The van der Waals surface area contributed by atoms with Crippen LogP contribution in [0.4, 0.5) is 0 Å². The van der Waals surface area contributed by atoms with E-state index in [-0.39, 0.29) is 0 Å². The van der Waals surface area contributed by atoms with Gasteiger partial charge in [0.2, 0.25) is 0 Å². The van der Waals surface area contributed by atoms with E-state index in [2.05, 4.69) is 28.5 Å². The van der Waals surface area contributed by atoms with Crippen LogP contribution in [0, 0.1) is 5.92 Å². The van der Waals surface area contributed by atoms with Gasteiger partial charge >= 0.3 is 0 Å². The van der Waals surface area contributed by atoms with E-state index in [0.717, 1.165) is 57.5 Å². The summed E-state index contributed by atoms with van der Waals surface area (Å²) in [5.41, 5.74) is 2.53. The van der Waals surface area contributed by atoms with Crippen LogP contribution in [0.25, 0.3) is 0 Å². The lowest BCUT2D eigenvalue weighted by Crippen LogP contribution is -2.46. The van der Waals surface area contributed by atoms with Gasteiger partial charge in [-0.1, -0.05) is 30.3 Å². The van der Waals surface area contributed by atoms with Gasteiger partial charge in [0.05, 0.1) is 12.8 Å². The fourth-order valence-corrected chi connectivity index (χ4v) is 3.74. The molecule has 2 heterocycles. The average Bonchev–Trinajstić information content (AvgIpc) is 3.49. The highest BCUT2D eigenvalue weighted by Gasteiger charge is 2.38. The van der Waals surface area contributed by atoms with Crippen LogP contribution in [0.5, 0.6) is 5.75 Å². The number of benzene rings is 1. The lowest BCUT2D eigenvalue weighted by atomic mass is 10.1. The number of ether oxygens (including phenoxy) is 3. The molecule has 2 fully saturated rings. The fraction of sp³-hybridized carbons (Fsp3) is 0.542. The second kappa shape index (κ2) is 10.7. The van der Waals surface area contributed by atoms with Crippen molar-refractivity contribution in [2.24, 2.45) is 5.92 Å². The maximum Gasteiger partial charge on any atom is 0.137 e. The minimum Gasteiger partial charge on any atom is -0.490 e. The number of aromatic nitrogens is 1. The highest BCUT2D eigenvalue weighted by Crippen LogP contribution is 2.49. The second-order valence-corrected chi connectivity index (χ2v) is 8.10. The van der Waals surface area contributed by atoms with E-state index in [9.17, 15) is 0 Å². The van der Waals surface area contributed by atoms with Crippen molar-refractivity contribution < 1.29 is 14.2 Å². The molecule has 1 saturated carbocycles. The SMILES string of the molecule is c1ccc(COCCCOCCC2CC2c2cncc(OCC3CCN3)c2)cc1. The van der Waals surface area contributed by atoms with E-state index in [1.807, 2.05) is 30.6 Å². The van der Waals surface area contributed by atoms with Crippen LogP contribution in [-0.4, -0.2) is 44.0 Å². The van der Waals surface area contributed by atoms with Crippen molar-refractivity contribution in [3.63, 3.8) is 0 Å². The van der Waals surface area contributed by atoms with Crippen LogP contribution in [0.2, 0.25) is 0 Å². The van der Waals surface area contributed by atoms with Crippen LogP contribution < -0.4 is 10.1 Å². The zero-order valence-corrected chi connectivity index (χ0v) is 17.1. The molecule has 5 nitrogen and oxygen atoms in total. The van der Waals surface area contributed by atoms with E-state index in [1.54, 1.807) is 0 Å². The van der Waals surface area contributed by atoms with Crippen molar-refractivity contribution in [2.75, 3.05) is 33.0 Å². The first kappa shape index (κ1) is 20.3. The molecule has 5 heteroatoms. The summed E-state index contributed by atoms with van der Waals surface area (Å²) in [7, 11) is 0. The van der Waals surface area contributed by atoms with Gasteiger partial charge in [0, 0.05) is 32.1 Å². The van der Waals surface area contributed by atoms with Gasteiger partial charge in [-0.05, 0) is 61.3 Å². The van der Waals surface area contributed by atoms with Crippen molar-refractivity contribution in [3.8, 4) is 5.75 Å². The zero-order valence-electron chi connectivity index (χ0n) is 17.1. The molecule has 1 aliphatic heterocycles. The molecule has 3 unspecified atom stereocenters. The van der Waals surface area contributed by atoms with Gasteiger partial charge in [-0.15, -0.1) is 0 Å². The molecular formula is C24H32N2O3. The monoisotopic (exact) mass is 396 g/mol. The molecule has 2 aliphatic rings. The maximum absolute atomic E-state index is 5.88. The van der Waals surface area contributed by atoms with Crippen molar-refractivity contribution in [3.05, 3.63) is 59.9 Å². The molecule has 1 N–H and O–H groups in total. The molecule has 3 atom stereocenters. The molecular weight excluding hydrogens is 364 g/mol. The number of hydrogen-bond donors (Lipinski definition) is 1. The number of nitrogens with one attached hydrogen (secondary N) is 1. The topological polar surface area (TPSA) is 52.6 Å². The van der Waals surface area contributed by atoms with Crippen molar-refractivity contribution in [1.29, 1.82) is 0 Å². The van der Waals surface area contributed by atoms with Crippen LogP contribution in [0.15, 0.2) is 48.8 Å². The maximum atomic E-state index is 5.88. The second-order valence-electron chi connectivity index (χ2n) is 8.10. The Kier molecular flexibility index (Phi) is 7.51. The predicted molar refractivity (Wildman–Crippen MR) is 113 cm³/mol.